The molecule has 0 amide bonds. The molecule has 2 nitrogen and oxygen atoms in total. The second-order valence-electron chi connectivity index (χ2n) is 3.55. The average molecular weight is 311 g/mol. The van der Waals surface area contributed by atoms with E-state index in [2.05, 4.69) is 4.99 Å². The van der Waals surface area contributed by atoms with Gasteiger partial charge in [-0.05, 0) is 33.6 Å². The molecule has 0 aliphatic rings. The number of aliphatic hydroxyl groups is 1. The van der Waals surface area contributed by atoms with Gasteiger partial charge < -0.3 is 5.11 Å². The van der Waals surface area contributed by atoms with Gasteiger partial charge >= 0.3 is 0 Å². The van der Waals surface area contributed by atoms with Crippen molar-refractivity contribution in [2.24, 2.45) is 4.99 Å². The van der Waals surface area contributed by atoms with E-state index in [1.807, 2.05) is 34.6 Å². The molecule has 0 spiro atoms. The second-order valence-corrected chi connectivity index (χ2v) is 3.55. The molecule has 0 bridgehead atoms. The molecule has 13 heavy (non-hydrogen) atoms. The molecular weight excluding hydrogens is 290 g/mol. The van der Waals surface area contributed by atoms with Crippen LogP contribution in [0.1, 0.15) is 47.5 Å². The first-order valence-electron chi connectivity index (χ1n) is 4.73. The molecule has 1 N–H and O–H groups in total. The molecule has 0 aliphatic carbocycles. The standard InChI is InChI=1S/C10H21NO.Ce/c1-6-10(12,7-2)9(5)11-8(3)4;/h8,12H,6-7H2,1-5H3;. The third-order valence-corrected chi connectivity index (χ3v) is 2.30. The Labute approximate surface area is 116 Å². The van der Waals surface area contributed by atoms with Gasteiger partial charge in [-0.3, -0.25) is 4.99 Å². The molecule has 76 valence electrons. The van der Waals surface area contributed by atoms with Gasteiger partial charge in [0, 0.05) is 53.5 Å². The van der Waals surface area contributed by atoms with Crippen molar-refractivity contribution in [1.29, 1.82) is 0 Å². The smallest absolute Gasteiger partial charge is 0.101 e. The van der Waals surface area contributed by atoms with Crippen LogP contribution in [0.25, 0.3) is 0 Å². The molecule has 0 rings (SSSR count). The van der Waals surface area contributed by atoms with Crippen LogP contribution < -0.4 is 0 Å². The number of aliphatic imine (C=N–C) groups is 1. The predicted octanol–water partition coefficient (Wildman–Crippen LogP) is 2.41. The molecule has 0 saturated heterocycles. The summed E-state index contributed by atoms with van der Waals surface area (Å²) < 4.78 is 0. The fourth-order valence-electron chi connectivity index (χ4n) is 1.27. The molecule has 0 aromatic carbocycles. The van der Waals surface area contributed by atoms with E-state index < -0.39 is 5.60 Å². The molecule has 0 aromatic rings. The van der Waals surface area contributed by atoms with Crippen LogP contribution in [0.2, 0.25) is 0 Å². The molecule has 0 heterocycles. The van der Waals surface area contributed by atoms with Crippen molar-refractivity contribution in [2.75, 3.05) is 0 Å². The van der Waals surface area contributed by atoms with Gasteiger partial charge in [-0.15, -0.1) is 0 Å². The average Bonchev–Trinajstić information content (AvgIpc) is 2.02. The van der Waals surface area contributed by atoms with Gasteiger partial charge in [0.2, 0.25) is 0 Å². The summed E-state index contributed by atoms with van der Waals surface area (Å²) in [5.41, 5.74) is 0.187. The van der Waals surface area contributed by atoms with Crippen molar-refractivity contribution >= 4 is 5.71 Å². The van der Waals surface area contributed by atoms with Crippen LogP contribution in [0.15, 0.2) is 4.99 Å². The summed E-state index contributed by atoms with van der Waals surface area (Å²) in [6.07, 6.45) is 1.48. The Morgan fingerprint density at radius 2 is 1.69 bits per heavy atom. The Bertz CT molecular complexity index is 162. The first kappa shape index (κ1) is 16.4. The van der Waals surface area contributed by atoms with Crippen LogP contribution in [-0.4, -0.2) is 22.5 Å². The maximum Gasteiger partial charge on any atom is 0.101 e. The fraction of sp³-hybridized carbons (Fsp3) is 0.900. The van der Waals surface area contributed by atoms with E-state index >= 15 is 0 Å². The van der Waals surface area contributed by atoms with Gasteiger partial charge in [0.1, 0.15) is 5.60 Å². The van der Waals surface area contributed by atoms with Gasteiger partial charge in [0.15, 0.2) is 0 Å². The van der Waals surface area contributed by atoms with Gasteiger partial charge in [0.25, 0.3) is 0 Å². The molecule has 0 saturated carbocycles. The van der Waals surface area contributed by atoms with Crippen LogP contribution in [0.3, 0.4) is 0 Å². The van der Waals surface area contributed by atoms with Crippen LogP contribution >= 0.6 is 0 Å². The minimum atomic E-state index is -0.676. The minimum Gasteiger partial charge on any atom is -0.384 e. The maximum absolute atomic E-state index is 10.0. The first-order chi connectivity index (χ1) is 5.46. The van der Waals surface area contributed by atoms with E-state index in [4.69, 9.17) is 0 Å². The summed E-state index contributed by atoms with van der Waals surface area (Å²) in [7, 11) is 0. The third kappa shape index (κ3) is 5.45. The molecule has 0 unspecified atom stereocenters. The van der Waals surface area contributed by atoms with Gasteiger partial charge in [-0.25, -0.2) is 0 Å². The normalized spacial score (nSPS) is 13.0. The molecule has 0 aromatic heterocycles. The summed E-state index contributed by atoms with van der Waals surface area (Å²) in [6.45, 7) is 9.93. The van der Waals surface area contributed by atoms with Crippen LogP contribution in [0.5, 0.6) is 0 Å². The van der Waals surface area contributed by atoms with Crippen molar-refractivity contribution in [2.45, 2.75) is 59.1 Å². The molecule has 0 radical (unpaired) electrons. The SMILES string of the molecule is CCC(O)(CC)C(C)=NC(C)C.[Ce]. The monoisotopic (exact) mass is 311 g/mol. The number of hydrogen-bond acceptors (Lipinski definition) is 2. The number of nitrogens with zero attached hydrogens (tertiary/aromatic N) is 1. The maximum atomic E-state index is 10.0. The molecule has 3 heteroatoms. The number of rotatable bonds is 4. The Balaban J connectivity index is 0. The predicted molar refractivity (Wildman–Crippen MR) is 53.8 cm³/mol. The van der Waals surface area contributed by atoms with E-state index in [1.165, 1.54) is 0 Å². The van der Waals surface area contributed by atoms with Crippen molar-refractivity contribution in [3.63, 3.8) is 0 Å². The Hall–Kier alpha value is 1.01. The second kappa shape index (κ2) is 7.32. The minimum absolute atomic E-state index is 0. The quantitative estimate of drug-likeness (QED) is 0.795. The molecule has 0 aliphatic heterocycles. The summed E-state index contributed by atoms with van der Waals surface area (Å²) in [5, 5.41) is 10.0. The van der Waals surface area contributed by atoms with Crippen molar-refractivity contribution in [3.8, 4) is 0 Å². The van der Waals surface area contributed by atoms with Gasteiger partial charge in [-0.2, -0.15) is 0 Å². The molecular formula is C10H21CeNO. The largest absolute Gasteiger partial charge is 0.384 e. The third-order valence-electron chi connectivity index (χ3n) is 2.30. The van der Waals surface area contributed by atoms with E-state index in [0.29, 0.717) is 0 Å². The Morgan fingerprint density at radius 1 is 1.31 bits per heavy atom. The van der Waals surface area contributed by atoms with E-state index in [9.17, 15) is 5.11 Å². The van der Waals surface area contributed by atoms with Gasteiger partial charge in [-0.1, -0.05) is 13.8 Å². The van der Waals surface area contributed by atoms with E-state index in [0.717, 1.165) is 18.6 Å². The van der Waals surface area contributed by atoms with Crippen LogP contribution in [0.4, 0.5) is 0 Å². The summed E-state index contributed by atoms with van der Waals surface area (Å²) >= 11 is 0. The zero-order valence-corrected chi connectivity index (χ0v) is 12.5. The summed E-state index contributed by atoms with van der Waals surface area (Å²) in [6, 6.07) is 0.273. The zero-order chi connectivity index (χ0) is 9.78. The Morgan fingerprint density at radius 3 is 1.92 bits per heavy atom. The summed E-state index contributed by atoms with van der Waals surface area (Å²) in [5.74, 6) is 0. The molecule has 0 atom stereocenters. The zero-order valence-electron chi connectivity index (χ0n) is 9.39. The molecule has 0 fully saturated rings. The van der Waals surface area contributed by atoms with Crippen molar-refractivity contribution in [1.82, 2.24) is 0 Å². The topological polar surface area (TPSA) is 32.6 Å². The van der Waals surface area contributed by atoms with Gasteiger partial charge in [0.05, 0.1) is 0 Å². The fourth-order valence-corrected chi connectivity index (χ4v) is 1.27. The Kier molecular flexibility index (Phi) is 9.25. The van der Waals surface area contributed by atoms with E-state index in [-0.39, 0.29) is 47.8 Å². The van der Waals surface area contributed by atoms with E-state index in [1.54, 1.807) is 0 Å². The van der Waals surface area contributed by atoms with Crippen molar-refractivity contribution < 1.29 is 46.9 Å². The first-order valence-corrected chi connectivity index (χ1v) is 4.73. The van der Waals surface area contributed by atoms with Crippen LogP contribution in [0, 0.1) is 41.7 Å². The summed E-state index contributed by atoms with van der Waals surface area (Å²) in [4.78, 5) is 4.36. The number of hydrogen-bond donors (Lipinski definition) is 1. The van der Waals surface area contributed by atoms with Crippen LogP contribution in [-0.2, 0) is 0 Å². The van der Waals surface area contributed by atoms with Crippen molar-refractivity contribution in [3.05, 3.63) is 0 Å².